The first-order chi connectivity index (χ1) is 8.25. The van der Waals surface area contributed by atoms with Crippen molar-refractivity contribution < 1.29 is 0 Å². The molecule has 0 radical (unpaired) electrons. The summed E-state index contributed by atoms with van der Waals surface area (Å²) in [4.78, 5) is 4.22. The predicted molar refractivity (Wildman–Crippen MR) is 71.7 cm³/mol. The van der Waals surface area contributed by atoms with Crippen molar-refractivity contribution in [3.63, 3.8) is 0 Å². The first kappa shape index (κ1) is 10.1. The number of nitrogens with one attached hydrogen (secondary N) is 1. The van der Waals surface area contributed by atoms with Crippen molar-refractivity contribution in [1.29, 1.82) is 0 Å². The Morgan fingerprint density at radius 1 is 1.12 bits per heavy atom. The molecule has 2 heterocycles. The van der Waals surface area contributed by atoms with Crippen LogP contribution in [0.1, 0.15) is 13.8 Å². The highest BCUT2D eigenvalue weighted by Gasteiger charge is 2.06. The average molecular weight is 225 g/mol. The molecule has 0 atom stereocenters. The van der Waals surface area contributed by atoms with Crippen LogP contribution in [0.4, 0.5) is 0 Å². The highest BCUT2D eigenvalue weighted by atomic mass is 15.4. The minimum Gasteiger partial charge on any atom is -0.323 e. The molecule has 0 aliphatic rings. The van der Waals surface area contributed by atoms with E-state index < -0.39 is 0 Å². The van der Waals surface area contributed by atoms with Gasteiger partial charge in [-0.1, -0.05) is 12.1 Å². The molecule has 0 fully saturated rings. The molecule has 0 saturated heterocycles. The van der Waals surface area contributed by atoms with Crippen LogP contribution in [-0.4, -0.2) is 15.7 Å². The fourth-order valence-electron chi connectivity index (χ4n) is 2.18. The number of hydrogen-bond donors (Lipinski definition) is 1. The average Bonchev–Trinajstić information content (AvgIpc) is 2.72. The maximum absolute atomic E-state index is 4.22. The molecule has 0 saturated carbocycles. The summed E-state index contributed by atoms with van der Waals surface area (Å²) in [6.45, 7) is 4.27. The molecule has 1 aromatic carbocycles. The molecule has 1 N–H and O–H groups in total. The van der Waals surface area contributed by atoms with Gasteiger partial charge in [-0.3, -0.25) is 9.66 Å². The summed E-state index contributed by atoms with van der Waals surface area (Å²) in [5.74, 6) is 0. The van der Waals surface area contributed by atoms with Crippen LogP contribution in [0.2, 0.25) is 0 Å². The number of fused-ring (bicyclic) bond motifs is 3. The molecule has 17 heavy (non-hydrogen) atoms. The first-order valence-electron chi connectivity index (χ1n) is 5.86. The van der Waals surface area contributed by atoms with Gasteiger partial charge in [-0.15, -0.1) is 0 Å². The maximum Gasteiger partial charge on any atom is 0.0786 e. The topological polar surface area (TPSA) is 29.9 Å². The summed E-state index contributed by atoms with van der Waals surface area (Å²) < 4.78 is 2.09. The first-order valence-corrected chi connectivity index (χ1v) is 5.86. The van der Waals surface area contributed by atoms with Gasteiger partial charge < -0.3 is 5.43 Å². The molecule has 0 aliphatic heterocycles. The van der Waals surface area contributed by atoms with E-state index in [2.05, 4.69) is 53.3 Å². The molecular formula is C14H15N3. The predicted octanol–water partition coefficient (Wildman–Crippen LogP) is 3.14. The highest BCUT2D eigenvalue weighted by Crippen LogP contribution is 2.24. The Balaban J connectivity index is 2.34. The molecular weight excluding hydrogens is 210 g/mol. The van der Waals surface area contributed by atoms with Crippen LogP contribution in [0.15, 0.2) is 42.9 Å². The monoisotopic (exact) mass is 225 g/mol. The van der Waals surface area contributed by atoms with E-state index in [1.54, 1.807) is 0 Å². The number of aromatic nitrogens is 2. The van der Waals surface area contributed by atoms with Gasteiger partial charge in [0.25, 0.3) is 0 Å². The normalized spacial score (nSPS) is 11.5. The molecule has 0 spiro atoms. The second-order valence-corrected chi connectivity index (χ2v) is 4.57. The van der Waals surface area contributed by atoms with Crippen LogP contribution in [0.25, 0.3) is 21.7 Å². The van der Waals surface area contributed by atoms with Crippen molar-refractivity contribution in [3.8, 4) is 0 Å². The SMILES string of the molecule is CC(C)Nn1ccc2ccc3ccncc3c21. The lowest BCUT2D eigenvalue weighted by atomic mass is 10.1. The second kappa shape index (κ2) is 3.77. The van der Waals surface area contributed by atoms with Crippen LogP contribution >= 0.6 is 0 Å². The van der Waals surface area contributed by atoms with Gasteiger partial charge in [0.2, 0.25) is 0 Å². The molecule has 86 valence electrons. The molecule has 3 aromatic rings. The molecule has 0 amide bonds. The van der Waals surface area contributed by atoms with Crippen molar-refractivity contribution in [2.24, 2.45) is 0 Å². The number of rotatable bonds is 2. The van der Waals surface area contributed by atoms with Crippen molar-refractivity contribution in [1.82, 2.24) is 9.66 Å². The molecule has 3 heteroatoms. The Kier molecular flexibility index (Phi) is 2.25. The minimum atomic E-state index is 0.400. The third-order valence-corrected chi connectivity index (χ3v) is 2.87. The third-order valence-electron chi connectivity index (χ3n) is 2.87. The summed E-state index contributed by atoms with van der Waals surface area (Å²) in [7, 11) is 0. The Hall–Kier alpha value is -2.03. The van der Waals surface area contributed by atoms with E-state index in [1.807, 2.05) is 18.5 Å². The van der Waals surface area contributed by atoms with Crippen molar-refractivity contribution in [2.75, 3.05) is 5.43 Å². The largest absolute Gasteiger partial charge is 0.323 e. The zero-order valence-corrected chi connectivity index (χ0v) is 10.0. The van der Waals surface area contributed by atoms with Crippen molar-refractivity contribution in [3.05, 3.63) is 42.9 Å². The summed E-state index contributed by atoms with van der Waals surface area (Å²) in [5.41, 5.74) is 4.61. The van der Waals surface area contributed by atoms with Gasteiger partial charge in [-0.05, 0) is 31.4 Å². The Morgan fingerprint density at radius 2 is 1.94 bits per heavy atom. The van der Waals surface area contributed by atoms with Gasteiger partial charge >= 0.3 is 0 Å². The zero-order chi connectivity index (χ0) is 11.8. The van der Waals surface area contributed by atoms with E-state index in [-0.39, 0.29) is 0 Å². The van der Waals surface area contributed by atoms with Crippen LogP contribution < -0.4 is 5.43 Å². The Morgan fingerprint density at radius 3 is 2.76 bits per heavy atom. The van der Waals surface area contributed by atoms with Crippen LogP contribution in [0.5, 0.6) is 0 Å². The van der Waals surface area contributed by atoms with E-state index in [9.17, 15) is 0 Å². The van der Waals surface area contributed by atoms with Gasteiger partial charge in [0, 0.05) is 35.4 Å². The van der Waals surface area contributed by atoms with E-state index >= 15 is 0 Å². The third kappa shape index (κ3) is 1.64. The molecule has 0 unspecified atom stereocenters. The van der Waals surface area contributed by atoms with Crippen molar-refractivity contribution >= 4 is 21.7 Å². The van der Waals surface area contributed by atoms with Crippen LogP contribution in [-0.2, 0) is 0 Å². The minimum absolute atomic E-state index is 0.400. The number of nitrogens with zero attached hydrogens (tertiary/aromatic N) is 2. The lowest BCUT2D eigenvalue weighted by Crippen LogP contribution is -2.21. The molecule has 2 aromatic heterocycles. The van der Waals surface area contributed by atoms with Gasteiger partial charge in [-0.2, -0.15) is 0 Å². The smallest absolute Gasteiger partial charge is 0.0786 e. The molecule has 0 bridgehead atoms. The van der Waals surface area contributed by atoms with Gasteiger partial charge in [0.15, 0.2) is 0 Å². The second-order valence-electron chi connectivity index (χ2n) is 4.57. The van der Waals surface area contributed by atoms with E-state index in [4.69, 9.17) is 0 Å². The lowest BCUT2D eigenvalue weighted by molar-refractivity contribution is 0.756. The van der Waals surface area contributed by atoms with Crippen LogP contribution in [0.3, 0.4) is 0 Å². The standard InChI is InChI=1S/C14H15N3/c1-10(2)16-17-8-6-12-4-3-11-5-7-15-9-13(11)14(12)17/h3-10,16H,1-2H3. The Labute approximate surface area is 100 Å². The van der Waals surface area contributed by atoms with Gasteiger partial charge in [0.1, 0.15) is 0 Å². The summed E-state index contributed by atoms with van der Waals surface area (Å²) >= 11 is 0. The van der Waals surface area contributed by atoms with E-state index in [0.717, 1.165) is 0 Å². The summed E-state index contributed by atoms with van der Waals surface area (Å²) in [6, 6.07) is 8.85. The Bertz CT molecular complexity index is 667. The fourth-order valence-corrected chi connectivity index (χ4v) is 2.18. The van der Waals surface area contributed by atoms with Crippen LogP contribution in [0, 0.1) is 0 Å². The summed E-state index contributed by atoms with van der Waals surface area (Å²) in [6.07, 6.45) is 5.82. The number of hydrogen-bond acceptors (Lipinski definition) is 2. The fraction of sp³-hybridized carbons (Fsp3) is 0.214. The zero-order valence-electron chi connectivity index (χ0n) is 10.0. The molecule has 0 aliphatic carbocycles. The van der Waals surface area contributed by atoms with Gasteiger partial charge in [-0.25, -0.2) is 0 Å². The maximum atomic E-state index is 4.22. The number of benzene rings is 1. The van der Waals surface area contributed by atoms with Gasteiger partial charge in [0.05, 0.1) is 5.52 Å². The summed E-state index contributed by atoms with van der Waals surface area (Å²) in [5, 5.41) is 3.64. The molecule has 3 nitrogen and oxygen atoms in total. The van der Waals surface area contributed by atoms with E-state index in [0.29, 0.717) is 6.04 Å². The molecule has 3 rings (SSSR count). The number of pyridine rings is 1. The lowest BCUT2D eigenvalue weighted by Gasteiger charge is -2.13. The van der Waals surface area contributed by atoms with E-state index in [1.165, 1.54) is 21.7 Å². The highest BCUT2D eigenvalue weighted by molar-refractivity contribution is 6.05. The van der Waals surface area contributed by atoms with Crippen molar-refractivity contribution in [2.45, 2.75) is 19.9 Å². The quantitative estimate of drug-likeness (QED) is 0.726.